The molecular formula is C27H26FN3O6. The van der Waals surface area contributed by atoms with E-state index in [1.165, 1.54) is 37.6 Å². The number of anilines is 1. The fourth-order valence-corrected chi connectivity index (χ4v) is 4.50. The molecule has 0 atom stereocenters. The van der Waals surface area contributed by atoms with Crippen LogP contribution in [0, 0.1) is 5.82 Å². The van der Waals surface area contributed by atoms with Gasteiger partial charge in [0.2, 0.25) is 5.43 Å². The van der Waals surface area contributed by atoms with Crippen molar-refractivity contribution in [1.29, 1.82) is 0 Å². The van der Waals surface area contributed by atoms with Gasteiger partial charge in [-0.05, 0) is 48.7 Å². The minimum atomic E-state index is -1.10. The first-order chi connectivity index (χ1) is 17.9. The van der Waals surface area contributed by atoms with E-state index in [-0.39, 0.29) is 28.5 Å². The number of carboxylic acid groups (broad SMARTS) is 1. The molecule has 0 spiro atoms. The maximum atomic E-state index is 15.2. The van der Waals surface area contributed by atoms with Gasteiger partial charge < -0.3 is 29.4 Å². The van der Waals surface area contributed by atoms with Crippen LogP contribution in [0.1, 0.15) is 34.8 Å². The normalized spacial score (nSPS) is 15.8. The number of nitrogens with zero attached hydrogens (tertiary/aromatic N) is 2. The largest absolute Gasteiger partial charge is 0.493 e. The first kappa shape index (κ1) is 24.5. The van der Waals surface area contributed by atoms with E-state index in [1.807, 2.05) is 9.47 Å². The van der Waals surface area contributed by atoms with Gasteiger partial charge in [-0.25, -0.2) is 14.0 Å². The molecule has 1 saturated carbocycles. The van der Waals surface area contributed by atoms with E-state index in [0.717, 1.165) is 32.0 Å². The number of piperazine rings is 1. The molecule has 1 aliphatic heterocycles. The van der Waals surface area contributed by atoms with Crippen LogP contribution in [0.3, 0.4) is 0 Å². The molecule has 1 saturated heterocycles. The molecule has 10 heteroatoms. The van der Waals surface area contributed by atoms with E-state index in [1.54, 1.807) is 12.1 Å². The predicted octanol–water partition coefficient (Wildman–Crippen LogP) is 3.21. The number of fused-ring (bicyclic) bond motifs is 1. The van der Waals surface area contributed by atoms with E-state index in [9.17, 15) is 14.4 Å². The van der Waals surface area contributed by atoms with E-state index >= 15 is 4.39 Å². The third-order valence-corrected chi connectivity index (χ3v) is 6.53. The number of benzene rings is 2. The van der Waals surface area contributed by atoms with Gasteiger partial charge in [-0.1, -0.05) is 6.07 Å². The highest BCUT2D eigenvalue weighted by molar-refractivity contribution is 5.96. The Morgan fingerprint density at radius 1 is 1.14 bits per heavy atom. The van der Waals surface area contributed by atoms with Crippen molar-refractivity contribution in [1.82, 2.24) is 9.88 Å². The number of rotatable bonds is 7. The molecule has 0 amide bonds. The highest BCUT2D eigenvalue weighted by Gasteiger charge is 2.29. The maximum Gasteiger partial charge on any atom is 0.349 e. The molecule has 9 nitrogen and oxygen atoms in total. The molecule has 2 heterocycles. The van der Waals surface area contributed by atoms with Crippen LogP contribution in [-0.2, 0) is 4.79 Å². The Morgan fingerprint density at radius 2 is 1.89 bits per heavy atom. The quantitative estimate of drug-likeness (QED) is 0.285. The standard InChI is InChI=1S/C27H26FN3O6/c1-36-24-12-16(3-7-25(32)33)2-6-23(24)37-27(35)19-15-31(17-4-5-17)21-14-22(30-10-8-29-9-11-30)20(28)13-18(21)26(19)34/h2-3,6-7,12-15,17,29H,4-5,8-11H2,1H3,(H,32,33). The van der Waals surface area contributed by atoms with Gasteiger partial charge in [0.05, 0.1) is 18.3 Å². The summed E-state index contributed by atoms with van der Waals surface area (Å²) in [5.41, 5.74) is 0.746. The van der Waals surface area contributed by atoms with Crippen LogP contribution in [0.25, 0.3) is 17.0 Å². The second-order valence-corrected chi connectivity index (χ2v) is 9.04. The van der Waals surface area contributed by atoms with Gasteiger partial charge in [0, 0.05) is 49.9 Å². The molecule has 0 radical (unpaired) electrons. The number of esters is 1. The number of pyridine rings is 1. The monoisotopic (exact) mass is 507 g/mol. The van der Waals surface area contributed by atoms with Crippen LogP contribution in [0.4, 0.5) is 10.1 Å². The SMILES string of the molecule is COc1cc(C=CC(=O)O)ccc1OC(=O)c1cn(C2CC2)c2cc(N3CCNCC3)c(F)cc2c1=O. The summed E-state index contributed by atoms with van der Waals surface area (Å²) in [5.74, 6) is -2.24. The molecule has 2 fully saturated rings. The van der Waals surface area contributed by atoms with E-state index in [4.69, 9.17) is 14.6 Å². The van der Waals surface area contributed by atoms with E-state index < -0.39 is 23.2 Å². The molecule has 2 aliphatic rings. The summed E-state index contributed by atoms with van der Waals surface area (Å²) < 4.78 is 27.8. The minimum absolute atomic E-state index is 0.0673. The summed E-state index contributed by atoms with van der Waals surface area (Å²) in [6.07, 6.45) is 5.64. The van der Waals surface area contributed by atoms with E-state index in [2.05, 4.69) is 5.32 Å². The molecule has 37 heavy (non-hydrogen) atoms. The molecule has 1 aliphatic carbocycles. The fourth-order valence-electron chi connectivity index (χ4n) is 4.50. The van der Waals surface area contributed by atoms with Crippen molar-refractivity contribution in [2.75, 3.05) is 38.2 Å². The third-order valence-electron chi connectivity index (χ3n) is 6.53. The zero-order valence-electron chi connectivity index (χ0n) is 20.2. The Balaban J connectivity index is 1.52. The average molecular weight is 508 g/mol. The van der Waals surface area contributed by atoms with Crippen LogP contribution in [0.5, 0.6) is 11.5 Å². The van der Waals surface area contributed by atoms with Gasteiger partial charge in [-0.3, -0.25) is 4.79 Å². The summed E-state index contributed by atoms with van der Waals surface area (Å²) >= 11 is 0. The van der Waals surface area contributed by atoms with Gasteiger partial charge in [-0.15, -0.1) is 0 Å². The number of carbonyl (C=O) groups is 2. The van der Waals surface area contributed by atoms with Crippen molar-refractivity contribution in [3.8, 4) is 11.5 Å². The second-order valence-electron chi connectivity index (χ2n) is 9.04. The fraction of sp³-hybridized carbons (Fsp3) is 0.296. The number of ether oxygens (including phenoxy) is 2. The number of hydrogen-bond acceptors (Lipinski definition) is 7. The Hall–Kier alpha value is -4.18. The minimum Gasteiger partial charge on any atom is -0.493 e. The molecule has 0 bridgehead atoms. The van der Waals surface area contributed by atoms with Crippen molar-refractivity contribution in [3.05, 3.63) is 69.8 Å². The van der Waals surface area contributed by atoms with Crippen molar-refractivity contribution in [3.63, 3.8) is 0 Å². The Kier molecular flexibility index (Phi) is 6.66. The zero-order valence-corrected chi connectivity index (χ0v) is 20.2. The smallest absolute Gasteiger partial charge is 0.349 e. The highest BCUT2D eigenvalue weighted by Crippen LogP contribution is 2.38. The topological polar surface area (TPSA) is 110 Å². The number of nitrogens with one attached hydrogen (secondary N) is 1. The first-order valence-electron chi connectivity index (χ1n) is 12.0. The molecule has 1 aromatic heterocycles. The van der Waals surface area contributed by atoms with Gasteiger partial charge in [0.25, 0.3) is 0 Å². The number of carbonyl (C=O) groups excluding carboxylic acids is 1. The molecule has 2 aromatic carbocycles. The lowest BCUT2D eigenvalue weighted by atomic mass is 10.1. The Labute approximate surface area is 211 Å². The van der Waals surface area contributed by atoms with Crippen molar-refractivity contribution >= 4 is 34.6 Å². The molecule has 3 aromatic rings. The van der Waals surface area contributed by atoms with Crippen molar-refractivity contribution < 1.29 is 28.6 Å². The zero-order chi connectivity index (χ0) is 26.1. The number of carboxylic acids is 1. The van der Waals surface area contributed by atoms with E-state index in [0.29, 0.717) is 29.9 Å². The third kappa shape index (κ3) is 5.05. The highest BCUT2D eigenvalue weighted by atomic mass is 19.1. The van der Waals surface area contributed by atoms with Gasteiger partial charge in [0.15, 0.2) is 11.5 Å². The van der Waals surface area contributed by atoms with Crippen LogP contribution in [-0.4, -0.2) is 54.9 Å². The average Bonchev–Trinajstić information content (AvgIpc) is 3.74. The molecule has 2 N–H and O–H groups in total. The molecule has 5 rings (SSSR count). The van der Waals surface area contributed by atoms with Crippen LogP contribution >= 0.6 is 0 Å². The first-order valence-corrected chi connectivity index (χ1v) is 12.0. The maximum absolute atomic E-state index is 15.2. The summed E-state index contributed by atoms with van der Waals surface area (Å²) in [6, 6.07) is 7.56. The van der Waals surface area contributed by atoms with Crippen LogP contribution in [0.15, 0.2) is 47.4 Å². The lowest BCUT2D eigenvalue weighted by Crippen LogP contribution is -2.43. The number of aromatic nitrogens is 1. The van der Waals surface area contributed by atoms with Crippen molar-refractivity contribution in [2.24, 2.45) is 0 Å². The lowest BCUT2D eigenvalue weighted by Gasteiger charge is -2.30. The number of halogens is 1. The molecular weight excluding hydrogens is 481 g/mol. The Morgan fingerprint density at radius 3 is 2.57 bits per heavy atom. The summed E-state index contributed by atoms with van der Waals surface area (Å²) in [4.78, 5) is 39.2. The summed E-state index contributed by atoms with van der Waals surface area (Å²) in [5, 5.41) is 12.2. The van der Waals surface area contributed by atoms with Gasteiger partial charge >= 0.3 is 11.9 Å². The second kappa shape index (κ2) is 10.1. The Bertz CT molecular complexity index is 1470. The van der Waals surface area contributed by atoms with Gasteiger partial charge in [0.1, 0.15) is 11.4 Å². The lowest BCUT2D eigenvalue weighted by molar-refractivity contribution is -0.131. The van der Waals surface area contributed by atoms with Crippen molar-refractivity contribution in [2.45, 2.75) is 18.9 Å². The number of aliphatic carboxylic acids is 1. The number of hydrogen-bond donors (Lipinski definition) is 2. The summed E-state index contributed by atoms with van der Waals surface area (Å²) in [6.45, 7) is 2.82. The predicted molar refractivity (Wildman–Crippen MR) is 136 cm³/mol. The molecule has 192 valence electrons. The summed E-state index contributed by atoms with van der Waals surface area (Å²) in [7, 11) is 1.38. The van der Waals surface area contributed by atoms with Crippen LogP contribution in [0.2, 0.25) is 0 Å². The molecule has 0 unspecified atom stereocenters. The van der Waals surface area contributed by atoms with Crippen LogP contribution < -0.4 is 25.1 Å². The number of methoxy groups -OCH3 is 1. The van der Waals surface area contributed by atoms with Gasteiger partial charge in [-0.2, -0.15) is 0 Å².